The van der Waals surface area contributed by atoms with Crippen LogP contribution in [0.2, 0.25) is 5.02 Å². The number of amides is 1. The molecule has 0 saturated carbocycles. The number of ether oxygens (including phenoxy) is 1. The predicted octanol–water partition coefficient (Wildman–Crippen LogP) is 9.89. The summed E-state index contributed by atoms with van der Waals surface area (Å²) >= 11 is 6.13. The first kappa shape index (κ1) is 39.3. The molecule has 1 N–H and O–H groups in total. The number of carbonyl (C=O) groups excluding carboxylic acids is 2. The topological polar surface area (TPSA) is 142 Å². The molecular weight excluding hydrogens is 752 g/mol. The minimum atomic E-state index is -1.15. The number of nitro benzene ring substituents is 1. The molecule has 7 rings (SSSR count). The van der Waals surface area contributed by atoms with Crippen molar-refractivity contribution in [2.75, 3.05) is 12.4 Å². The maximum absolute atomic E-state index is 14.3. The molecule has 0 spiro atoms. The van der Waals surface area contributed by atoms with Gasteiger partial charge < -0.3 is 10.1 Å². The zero-order valence-electron chi connectivity index (χ0n) is 32.0. The molecule has 58 heavy (non-hydrogen) atoms. The lowest BCUT2D eigenvalue weighted by atomic mass is 9.76. The monoisotopic (exact) mass is 790 g/mol. The highest BCUT2D eigenvalue weighted by atomic mass is 35.5. The van der Waals surface area contributed by atoms with E-state index in [1.165, 1.54) is 6.07 Å². The summed E-state index contributed by atoms with van der Waals surface area (Å²) in [4.78, 5) is 38.3. The fourth-order valence-electron chi connectivity index (χ4n) is 7.71. The number of nitrogens with one attached hydrogen (secondary N) is 1. The highest BCUT2D eigenvalue weighted by molar-refractivity contribution is 6.31. The van der Waals surface area contributed by atoms with Gasteiger partial charge in [0.15, 0.2) is 5.82 Å². The first-order chi connectivity index (χ1) is 28.1. The van der Waals surface area contributed by atoms with E-state index in [4.69, 9.17) is 21.6 Å². The standard InChI is InChI=1S/C46H39ClN6O5/c1-4-28-45(2,44(55)48-41-39(43(54)58-3)29-36(47)30-40(41)53(56)57)32-26-24-31(25-27-32)37-22-14-15-23-38(37)42-49-50-51-52(42)46(33-16-8-5-9-17-33,34-18-10-6-11-19-34)35-20-12-7-13-21-35/h5-27,29-30H,4,28H2,1-3H3,(H,48,55). The molecule has 1 heterocycles. The van der Waals surface area contributed by atoms with Gasteiger partial charge in [0.2, 0.25) is 5.91 Å². The van der Waals surface area contributed by atoms with Crippen LogP contribution in [0, 0.1) is 10.1 Å². The third kappa shape index (κ3) is 7.12. The van der Waals surface area contributed by atoms with Crippen LogP contribution in [0.5, 0.6) is 0 Å². The third-order valence-corrected chi connectivity index (χ3v) is 10.8. The quantitative estimate of drug-likeness (QED) is 0.0527. The lowest BCUT2D eigenvalue weighted by Gasteiger charge is -2.36. The second-order valence-corrected chi connectivity index (χ2v) is 14.4. The molecule has 0 fully saturated rings. The molecule has 1 unspecified atom stereocenters. The molecule has 1 atom stereocenters. The number of halogens is 1. The molecule has 0 aliphatic carbocycles. The molecule has 0 saturated heterocycles. The molecule has 0 aliphatic heterocycles. The van der Waals surface area contributed by atoms with E-state index in [0.29, 0.717) is 24.2 Å². The zero-order chi connectivity index (χ0) is 40.9. The van der Waals surface area contributed by atoms with Crippen LogP contribution in [0.25, 0.3) is 22.5 Å². The van der Waals surface area contributed by atoms with Crippen molar-refractivity contribution in [3.8, 4) is 22.5 Å². The third-order valence-electron chi connectivity index (χ3n) is 10.5. The van der Waals surface area contributed by atoms with Crippen LogP contribution in [0.3, 0.4) is 0 Å². The van der Waals surface area contributed by atoms with Crippen LogP contribution in [-0.4, -0.2) is 44.1 Å². The van der Waals surface area contributed by atoms with E-state index in [-0.39, 0.29) is 16.3 Å². The fourth-order valence-corrected chi connectivity index (χ4v) is 7.93. The number of benzene rings is 6. The van der Waals surface area contributed by atoms with Crippen LogP contribution in [-0.2, 0) is 20.5 Å². The fraction of sp³-hybridized carbons (Fsp3) is 0.152. The number of nitrogens with zero attached hydrogens (tertiary/aromatic N) is 5. The van der Waals surface area contributed by atoms with Gasteiger partial charge in [0.1, 0.15) is 11.2 Å². The number of hydrogen-bond donors (Lipinski definition) is 1. The number of aromatic nitrogens is 4. The number of nitro groups is 1. The Morgan fingerprint density at radius 1 is 0.776 bits per heavy atom. The Hall–Kier alpha value is -6.98. The van der Waals surface area contributed by atoms with Gasteiger partial charge in [0.05, 0.1) is 23.0 Å². The van der Waals surface area contributed by atoms with Gasteiger partial charge in [-0.3, -0.25) is 14.9 Å². The molecule has 0 bridgehead atoms. The Morgan fingerprint density at radius 3 is 1.83 bits per heavy atom. The SMILES string of the molecule is CCCC(C)(C(=O)Nc1c(C(=O)OC)cc(Cl)cc1[N+](=O)[O-])c1ccc(-c2ccccc2-c2nnnn2C(c2ccccc2)(c2ccccc2)c2ccccc2)cc1. The maximum Gasteiger partial charge on any atom is 0.340 e. The maximum atomic E-state index is 14.3. The number of esters is 1. The van der Waals surface area contributed by atoms with Crippen LogP contribution in [0.15, 0.2) is 152 Å². The van der Waals surface area contributed by atoms with Crippen molar-refractivity contribution < 1.29 is 19.2 Å². The minimum Gasteiger partial charge on any atom is -0.465 e. The van der Waals surface area contributed by atoms with Crippen LogP contribution >= 0.6 is 11.6 Å². The number of methoxy groups -OCH3 is 1. The van der Waals surface area contributed by atoms with Crippen molar-refractivity contribution >= 4 is 34.9 Å². The lowest BCUT2D eigenvalue weighted by molar-refractivity contribution is -0.383. The predicted molar refractivity (Wildman–Crippen MR) is 224 cm³/mol. The van der Waals surface area contributed by atoms with Gasteiger partial charge in [0, 0.05) is 16.7 Å². The van der Waals surface area contributed by atoms with Gasteiger partial charge in [0.25, 0.3) is 5.69 Å². The van der Waals surface area contributed by atoms with Gasteiger partial charge in [-0.05, 0) is 63.2 Å². The number of rotatable bonds is 13. The molecule has 7 aromatic rings. The lowest BCUT2D eigenvalue weighted by Crippen LogP contribution is -2.39. The largest absolute Gasteiger partial charge is 0.465 e. The highest BCUT2D eigenvalue weighted by Crippen LogP contribution is 2.44. The summed E-state index contributed by atoms with van der Waals surface area (Å²) in [6, 6.07) is 48.4. The Bertz CT molecular complexity index is 2490. The molecule has 1 amide bonds. The van der Waals surface area contributed by atoms with E-state index in [9.17, 15) is 19.7 Å². The van der Waals surface area contributed by atoms with Crippen LogP contribution < -0.4 is 5.32 Å². The van der Waals surface area contributed by atoms with Crippen molar-refractivity contribution in [3.05, 3.63) is 195 Å². The second-order valence-electron chi connectivity index (χ2n) is 14.0. The summed E-state index contributed by atoms with van der Waals surface area (Å²) in [5.41, 5.74) is 2.93. The van der Waals surface area contributed by atoms with Crippen molar-refractivity contribution in [2.24, 2.45) is 0 Å². The first-order valence-electron chi connectivity index (χ1n) is 18.7. The Morgan fingerprint density at radius 2 is 1.31 bits per heavy atom. The van der Waals surface area contributed by atoms with Gasteiger partial charge in [-0.1, -0.05) is 164 Å². The molecular formula is C46H39ClN6O5. The van der Waals surface area contributed by atoms with E-state index in [2.05, 4.69) is 52.0 Å². The summed E-state index contributed by atoms with van der Waals surface area (Å²) < 4.78 is 6.76. The number of hydrogen-bond acceptors (Lipinski definition) is 8. The normalized spacial score (nSPS) is 12.3. The van der Waals surface area contributed by atoms with E-state index >= 15 is 0 Å². The smallest absolute Gasteiger partial charge is 0.340 e. The first-order valence-corrected chi connectivity index (χ1v) is 19.0. The van der Waals surface area contributed by atoms with Crippen molar-refractivity contribution in [1.29, 1.82) is 0 Å². The second kappa shape index (κ2) is 16.6. The van der Waals surface area contributed by atoms with Crippen LogP contribution in [0.1, 0.15) is 59.3 Å². The molecule has 0 aliphatic rings. The van der Waals surface area contributed by atoms with Crippen molar-refractivity contribution in [3.63, 3.8) is 0 Å². The number of anilines is 1. The van der Waals surface area contributed by atoms with Crippen LogP contribution in [0.4, 0.5) is 11.4 Å². The van der Waals surface area contributed by atoms with Crippen molar-refractivity contribution in [2.45, 2.75) is 37.6 Å². The van der Waals surface area contributed by atoms with Gasteiger partial charge in [-0.25, -0.2) is 9.48 Å². The molecule has 0 radical (unpaired) electrons. The Balaban J connectivity index is 1.32. The highest BCUT2D eigenvalue weighted by Gasteiger charge is 2.42. The molecule has 290 valence electrons. The average Bonchev–Trinajstić information content (AvgIpc) is 3.75. The van der Waals surface area contributed by atoms with E-state index < -0.39 is 33.4 Å². The van der Waals surface area contributed by atoms with Gasteiger partial charge >= 0.3 is 5.97 Å². The Kier molecular flexibility index (Phi) is 11.3. The van der Waals surface area contributed by atoms with Gasteiger partial charge in [-0.15, -0.1) is 5.10 Å². The van der Waals surface area contributed by atoms with E-state index in [1.807, 2.05) is 115 Å². The molecule has 11 nitrogen and oxygen atoms in total. The summed E-state index contributed by atoms with van der Waals surface area (Å²) in [7, 11) is 1.15. The van der Waals surface area contributed by atoms with Crippen molar-refractivity contribution in [1.82, 2.24) is 20.2 Å². The average molecular weight is 791 g/mol. The van der Waals surface area contributed by atoms with Gasteiger partial charge in [-0.2, -0.15) is 0 Å². The number of carbonyl (C=O) groups is 2. The molecule has 1 aromatic heterocycles. The summed E-state index contributed by atoms with van der Waals surface area (Å²) in [6.45, 7) is 3.73. The summed E-state index contributed by atoms with van der Waals surface area (Å²) in [6.07, 6.45) is 1.02. The van der Waals surface area contributed by atoms with E-state index in [1.54, 1.807) is 6.92 Å². The molecule has 6 aromatic carbocycles. The summed E-state index contributed by atoms with van der Waals surface area (Å²) in [5.74, 6) is -0.866. The molecule has 12 heteroatoms. The Labute approximate surface area is 340 Å². The van der Waals surface area contributed by atoms with E-state index in [0.717, 1.165) is 46.6 Å². The zero-order valence-corrected chi connectivity index (χ0v) is 32.8. The summed E-state index contributed by atoms with van der Waals surface area (Å²) in [5, 5.41) is 28.4. The number of tetrazole rings is 1. The minimum absolute atomic E-state index is 0.0443.